The maximum Gasteiger partial charge on any atom is 0.191 e. The molecule has 0 aromatic heterocycles. The highest BCUT2D eigenvalue weighted by atomic mass is 127. The highest BCUT2D eigenvalue weighted by molar-refractivity contribution is 14.0. The van der Waals surface area contributed by atoms with Gasteiger partial charge in [0.05, 0.1) is 19.3 Å². The molecule has 2 aromatic carbocycles. The number of hydrogen-bond acceptors (Lipinski definition) is 4. The van der Waals surface area contributed by atoms with Crippen molar-refractivity contribution < 1.29 is 14.6 Å². The molecule has 0 heterocycles. The maximum absolute atomic E-state index is 10.3. The molecule has 160 valence electrons. The Labute approximate surface area is 190 Å². The number of aliphatic imine (C=N–C) groups is 1. The van der Waals surface area contributed by atoms with Crippen molar-refractivity contribution >= 4 is 29.9 Å². The summed E-state index contributed by atoms with van der Waals surface area (Å²) in [4.78, 5) is 4.61. The summed E-state index contributed by atoms with van der Waals surface area (Å²) >= 11 is 0. The topological polar surface area (TPSA) is 75.1 Å². The van der Waals surface area contributed by atoms with Gasteiger partial charge >= 0.3 is 0 Å². The summed E-state index contributed by atoms with van der Waals surface area (Å²) in [6, 6.07) is 17.6. The van der Waals surface area contributed by atoms with Crippen molar-refractivity contribution in [3.05, 3.63) is 65.7 Å². The number of rotatable bonds is 11. The van der Waals surface area contributed by atoms with E-state index in [2.05, 4.69) is 15.6 Å². The van der Waals surface area contributed by atoms with Crippen LogP contribution in [0, 0.1) is 0 Å². The van der Waals surface area contributed by atoms with Gasteiger partial charge < -0.3 is 25.2 Å². The van der Waals surface area contributed by atoms with Gasteiger partial charge in [0.15, 0.2) is 5.96 Å². The Morgan fingerprint density at radius 1 is 1.03 bits per heavy atom. The molecule has 2 rings (SSSR count). The third kappa shape index (κ3) is 9.96. The van der Waals surface area contributed by atoms with Crippen LogP contribution in [-0.2, 0) is 11.3 Å². The summed E-state index contributed by atoms with van der Waals surface area (Å²) in [5.41, 5.74) is 2.03. The molecule has 0 saturated carbocycles. The smallest absolute Gasteiger partial charge is 0.191 e. The fraction of sp³-hybridized carbons (Fsp3) is 0.409. The molecule has 1 unspecified atom stereocenters. The van der Waals surface area contributed by atoms with Crippen LogP contribution in [0.2, 0.25) is 0 Å². The van der Waals surface area contributed by atoms with E-state index in [1.807, 2.05) is 61.5 Å². The molecule has 0 fully saturated rings. The highest BCUT2D eigenvalue weighted by Gasteiger charge is 2.07. The third-order valence-electron chi connectivity index (χ3n) is 4.14. The Kier molecular flexibility index (Phi) is 13.1. The Morgan fingerprint density at radius 2 is 1.76 bits per heavy atom. The number of methoxy groups -OCH3 is 1. The van der Waals surface area contributed by atoms with Crippen molar-refractivity contribution in [1.82, 2.24) is 10.6 Å². The lowest BCUT2D eigenvalue weighted by atomic mass is 10.1. The first-order chi connectivity index (χ1) is 13.7. The van der Waals surface area contributed by atoms with E-state index in [9.17, 15) is 5.11 Å². The number of nitrogens with one attached hydrogen (secondary N) is 2. The summed E-state index contributed by atoms with van der Waals surface area (Å²) in [5, 5.41) is 16.8. The summed E-state index contributed by atoms with van der Waals surface area (Å²) in [5.74, 6) is 1.56. The van der Waals surface area contributed by atoms with Crippen molar-refractivity contribution in [3.63, 3.8) is 0 Å². The summed E-state index contributed by atoms with van der Waals surface area (Å²) in [6.45, 7) is 5.12. The molecule has 1 atom stereocenters. The molecule has 0 aliphatic rings. The van der Waals surface area contributed by atoms with Crippen LogP contribution in [0.4, 0.5) is 0 Å². The predicted molar refractivity (Wildman–Crippen MR) is 128 cm³/mol. The Balaban J connectivity index is 0.00000420. The van der Waals surface area contributed by atoms with Gasteiger partial charge in [0.1, 0.15) is 12.4 Å². The minimum Gasteiger partial charge on any atom is -0.491 e. The Bertz CT molecular complexity index is 696. The van der Waals surface area contributed by atoms with E-state index in [-0.39, 0.29) is 24.0 Å². The second-order valence-electron chi connectivity index (χ2n) is 6.32. The predicted octanol–water partition coefficient (Wildman–Crippen LogP) is 3.51. The zero-order chi connectivity index (χ0) is 20.0. The lowest BCUT2D eigenvalue weighted by molar-refractivity contribution is 0.146. The number of benzene rings is 2. The van der Waals surface area contributed by atoms with Crippen LogP contribution < -0.4 is 15.4 Å². The molecule has 3 N–H and O–H groups in total. The second-order valence-corrected chi connectivity index (χ2v) is 6.32. The van der Waals surface area contributed by atoms with Gasteiger partial charge in [0.2, 0.25) is 0 Å². The van der Waals surface area contributed by atoms with E-state index in [0.29, 0.717) is 32.7 Å². The van der Waals surface area contributed by atoms with Gasteiger partial charge in [0, 0.05) is 20.2 Å². The van der Waals surface area contributed by atoms with Crippen LogP contribution in [-0.4, -0.2) is 44.5 Å². The average Bonchev–Trinajstić information content (AvgIpc) is 2.73. The molecular weight excluding hydrogens is 481 g/mol. The first-order valence-corrected chi connectivity index (χ1v) is 9.68. The lowest BCUT2D eigenvalue weighted by Gasteiger charge is -2.14. The zero-order valence-electron chi connectivity index (χ0n) is 17.1. The molecular formula is C22H32IN3O3. The van der Waals surface area contributed by atoms with Gasteiger partial charge in [-0.25, -0.2) is 4.99 Å². The van der Waals surface area contributed by atoms with E-state index in [4.69, 9.17) is 9.47 Å². The number of hydrogen-bond donors (Lipinski definition) is 3. The van der Waals surface area contributed by atoms with E-state index in [1.54, 1.807) is 7.11 Å². The molecule has 0 bridgehead atoms. The minimum absolute atomic E-state index is 0. The number of nitrogens with zero attached hydrogens (tertiary/aromatic N) is 1. The van der Waals surface area contributed by atoms with E-state index < -0.39 is 6.10 Å². The van der Waals surface area contributed by atoms with Crippen LogP contribution in [0.1, 0.15) is 30.6 Å². The lowest BCUT2D eigenvalue weighted by Crippen LogP contribution is -2.38. The van der Waals surface area contributed by atoms with Crippen LogP contribution in [0.5, 0.6) is 5.75 Å². The molecule has 6 nitrogen and oxygen atoms in total. The molecule has 29 heavy (non-hydrogen) atoms. The Morgan fingerprint density at radius 3 is 2.41 bits per heavy atom. The quantitative estimate of drug-likeness (QED) is 0.186. The van der Waals surface area contributed by atoms with Gasteiger partial charge in [-0.2, -0.15) is 0 Å². The van der Waals surface area contributed by atoms with Gasteiger partial charge in [0.25, 0.3) is 0 Å². The van der Waals surface area contributed by atoms with Crippen molar-refractivity contribution in [1.29, 1.82) is 0 Å². The fourth-order valence-electron chi connectivity index (χ4n) is 2.62. The van der Waals surface area contributed by atoms with Gasteiger partial charge in [-0.05, 0) is 36.6 Å². The summed E-state index contributed by atoms with van der Waals surface area (Å²) < 4.78 is 10.5. The normalized spacial score (nSPS) is 12.0. The minimum atomic E-state index is -0.484. The molecule has 0 aliphatic heterocycles. The van der Waals surface area contributed by atoms with Crippen molar-refractivity contribution in [2.75, 3.05) is 33.4 Å². The van der Waals surface area contributed by atoms with Crippen molar-refractivity contribution in [2.24, 2.45) is 4.99 Å². The summed E-state index contributed by atoms with van der Waals surface area (Å²) in [6.07, 6.45) is 0.129. The van der Waals surface area contributed by atoms with Gasteiger partial charge in [-0.3, -0.25) is 0 Å². The third-order valence-corrected chi connectivity index (χ3v) is 4.14. The first kappa shape index (κ1) is 25.2. The molecule has 0 aliphatic carbocycles. The SMILES string of the molecule is CCNC(=NCc1ccc(OCCOC)cc1)NCCC(O)c1ccccc1.I. The largest absolute Gasteiger partial charge is 0.491 e. The number of aliphatic hydroxyl groups is 1. The maximum atomic E-state index is 10.3. The van der Waals surface area contributed by atoms with E-state index in [0.717, 1.165) is 29.4 Å². The van der Waals surface area contributed by atoms with E-state index >= 15 is 0 Å². The van der Waals surface area contributed by atoms with Crippen LogP contribution in [0.3, 0.4) is 0 Å². The average molecular weight is 513 g/mol. The van der Waals surface area contributed by atoms with Gasteiger partial charge in [-0.1, -0.05) is 42.5 Å². The number of ether oxygens (including phenoxy) is 2. The van der Waals surface area contributed by atoms with Gasteiger partial charge in [-0.15, -0.1) is 24.0 Å². The molecule has 0 amide bonds. The number of halogens is 1. The fourth-order valence-corrected chi connectivity index (χ4v) is 2.62. The first-order valence-electron chi connectivity index (χ1n) is 9.68. The molecule has 0 radical (unpaired) electrons. The highest BCUT2D eigenvalue weighted by Crippen LogP contribution is 2.15. The summed E-state index contributed by atoms with van der Waals surface area (Å²) in [7, 11) is 1.66. The number of guanidine groups is 1. The van der Waals surface area contributed by atoms with E-state index in [1.165, 1.54) is 0 Å². The molecule has 0 saturated heterocycles. The van der Waals surface area contributed by atoms with Crippen molar-refractivity contribution in [3.8, 4) is 5.75 Å². The number of aliphatic hydroxyl groups excluding tert-OH is 1. The Hall–Kier alpha value is -1.84. The molecule has 2 aromatic rings. The van der Waals surface area contributed by atoms with Crippen molar-refractivity contribution in [2.45, 2.75) is 26.0 Å². The monoisotopic (exact) mass is 513 g/mol. The van der Waals surface area contributed by atoms with Crippen LogP contribution >= 0.6 is 24.0 Å². The van der Waals surface area contributed by atoms with Crippen LogP contribution in [0.15, 0.2) is 59.6 Å². The standard InChI is InChI=1S/C22H31N3O3.HI/c1-3-23-22(24-14-13-21(26)19-7-5-4-6-8-19)25-17-18-9-11-20(12-10-18)28-16-15-27-2;/h4-12,21,26H,3,13-17H2,1-2H3,(H2,23,24,25);1H. The zero-order valence-corrected chi connectivity index (χ0v) is 19.5. The molecule has 7 heteroatoms. The second kappa shape index (κ2) is 15.1. The van der Waals surface area contributed by atoms with Crippen LogP contribution in [0.25, 0.3) is 0 Å². The molecule has 0 spiro atoms.